The summed E-state index contributed by atoms with van der Waals surface area (Å²) in [6.45, 7) is 6.33. The molecule has 0 fully saturated rings. The van der Waals surface area contributed by atoms with Crippen LogP contribution in [0.15, 0.2) is 11.6 Å². The summed E-state index contributed by atoms with van der Waals surface area (Å²) in [4.78, 5) is 0. The zero-order chi connectivity index (χ0) is 10.3. The molecule has 0 spiro atoms. The van der Waals surface area contributed by atoms with E-state index in [1.165, 1.54) is 18.4 Å². The molecule has 15 heavy (non-hydrogen) atoms. The highest BCUT2D eigenvalue weighted by Crippen LogP contribution is 2.12. The van der Waals surface area contributed by atoms with Crippen LogP contribution in [0.2, 0.25) is 0 Å². The fraction of sp³-hybridized carbons (Fsp3) is 0.818. The van der Waals surface area contributed by atoms with E-state index in [1.807, 2.05) is 0 Å². The number of unbranched alkanes of at least 4 members (excludes halogenated alkanes) is 2. The van der Waals surface area contributed by atoms with Crippen molar-refractivity contribution in [1.29, 1.82) is 0 Å². The Morgan fingerprint density at radius 2 is 1.67 bits per heavy atom. The number of halogens is 2. The van der Waals surface area contributed by atoms with Crippen LogP contribution in [0.3, 0.4) is 0 Å². The Kier molecular flexibility index (Phi) is 15.5. The minimum absolute atomic E-state index is 0. The molecular weight excluding hydrogens is 320 g/mol. The number of allylic oxidation sites excluding steroid dienone is 1. The standard InChI is InChI=1S/C11H24N2.2BrH/c1-4-5-6-8-11(12,13)9-7-10(2)3;;/h7H,4-6,8-9,12-13H2,1-3H3;2*1H. The summed E-state index contributed by atoms with van der Waals surface area (Å²) in [7, 11) is 0. The van der Waals surface area contributed by atoms with Gasteiger partial charge in [-0.2, -0.15) is 0 Å². The summed E-state index contributed by atoms with van der Waals surface area (Å²) >= 11 is 0. The van der Waals surface area contributed by atoms with Gasteiger partial charge in [-0.05, 0) is 26.7 Å². The SMILES string of the molecule is Br.Br.CCCCCC(N)(N)CC=C(C)C. The molecule has 0 heterocycles. The lowest BCUT2D eigenvalue weighted by molar-refractivity contribution is 0.393. The lowest BCUT2D eigenvalue weighted by atomic mass is 9.99. The maximum Gasteiger partial charge on any atom is 0.0672 e. The molecule has 0 unspecified atom stereocenters. The lowest BCUT2D eigenvalue weighted by Gasteiger charge is -2.23. The minimum atomic E-state index is -0.494. The first-order valence-electron chi connectivity index (χ1n) is 5.19. The number of rotatable bonds is 6. The summed E-state index contributed by atoms with van der Waals surface area (Å²) < 4.78 is 0. The van der Waals surface area contributed by atoms with Gasteiger partial charge in [-0.25, -0.2) is 0 Å². The average Bonchev–Trinajstić information content (AvgIpc) is 2.02. The Bertz CT molecular complexity index is 164. The Morgan fingerprint density at radius 3 is 2.07 bits per heavy atom. The molecule has 0 rings (SSSR count). The second kappa shape index (κ2) is 11.1. The molecule has 0 aliphatic rings. The minimum Gasteiger partial charge on any atom is -0.313 e. The van der Waals surface area contributed by atoms with Crippen LogP contribution in [-0.2, 0) is 0 Å². The van der Waals surface area contributed by atoms with Gasteiger partial charge >= 0.3 is 0 Å². The molecule has 0 saturated heterocycles. The highest BCUT2D eigenvalue weighted by Gasteiger charge is 2.15. The van der Waals surface area contributed by atoms with Crippen LogP contribution in [0.4, 0.5) is 0 Å². The van der Waals surface area contributed by atoms with Crippen molar-refractivity contribution in [1.82, 2.24) is 0 Å². The third-order valence-electron chi connectivity index (χ3n) is 2.14. The molecule has 0 atom stereocenters. The van der Waals surface area contributed by atoms with Crippen LogP contribution in [0.5, 0.6) is 0 Å². The van der Waals surface area contributed by atoms with Crippen LogP contribution in [0.25, 0.3) is 0 Å². The second-order valence-corrected chi connectivity index (χ2v) is 4.18. The smallest absolute Gasteiger partial charge is 0.0672 e. The number of hydrogen-bond donors (Lipinski definition) is 2. The van der Waals surface area contributed by atoms with Crippen LogP contribution >= 0.6 is 34.0 Å². The van der Waals surface area contributed by atoms with Crippen molar-refractivity contribution in [3.63, 3.8) is 0 Å². The van der Waals surface area contributed by atoms with Gasteiger partial charge in [-0.3, -0.25) is 0 Å². The van der Waals surface area contributed by atoms with E-state index in [-0.39, 0.29) is 34.0 Å². The molecule has 4 heteroatoms. The molecule has 0 aromatic heterocycles. The molecule has 0 aliphatic heterocycles. The fourth-order valence-corrected chi connectivity index (χ4v) is 1.20. The van der Waals surface area contributed by atoms with Gasteiger partial charge in [-0.15, -0.1) is 34.0 Å². The van der Waals surface area contributed by atoms with E-state index < -0.39 is 5.66 Å². The Balaban J connectivity index is -0.000000720. The molecule has 0 bridgehead atoms. The Hall–Kier alpha value is 0.620. The largest absolute Gasteiger partial charge is 0.313 e. The molecule has 0 aromatic carbocycles. The van der Waals surface area contributed by atoms with Crippen molar-refractivity contribution in [3.8, 4) is 0 Å². The summed E-state index contributed by atoms with van der Waals surface area (Å²) in [6, 6.07) is 0. The number of nitrogens with two attached hydrogens (primary N) is 2. The van der Waals surface area contributed by atoms with Crippen LogP contribution in [0, 0.1) is 0 Å². The molecule has 94 valence electrons. The van der Waals surface area contributed by atoms with E-state index in [9.17, 15) is 0 Å². The first kappa shape index (κ1) is 21.0. The summed E-state index contributed by atoms with van der Waals surface area (Å²) in [5, 5.41) is 0. The van der Waals surface area contributed by atoms with Gasteiger partial charge in [0, 0.05) is 0 Å². The zero-order valence-corrected chi connectivity index (χ0v) is 13.5. The van der Waals surface area contributed by atoms with Gasteiger partial charge in [0.1, 0.15) is 0 Å². The summed E-state index contributed by atoms with van der Waals surface area (Å²) in [5.74, 6) is 0. The Morgan fingerprint density at radius 1 is 1.13 bits per heavy atom. The third-order valence-corrected chi connectivity index (χ3v) is 2.14. The zero-order valence-electron chi connectivity index (χ0n) is 10.1. The Labute approximate surface area is 115 Å². The van der Waals surface area contributed by atoms with Crippen molar-refractivity contribution in [2.75, 3.05) is 0 Å². The molecule has 0 aromatic rings. The van der Waals surface area contributed by atoms with Crippen LogP contribution < -0.4 is 11.5 Å². The number of hydrogen-bond acceptors (Lipinski definition) is 2. The quantitative estimate of drug-likeness (QED) is 0.438. The van der Waals surface area contributed by atoms with Crippen molar-refractivity contribution in [2.24, 2.45) is 11.5 Å². The summed E-state index contributed by atoms with van der Waals surface area (Å²) in [6.07, 6.45) is 7.42. The highest BCUT2D eigenvalue weighted by atomic mass is 79.9. The maximum atomic E-state index is 5.94. The fourth-order valence-electron chi connectivity index (χ4n) is 1.20. The molecule has 0 amide bonds. The molecule has 0 saturated carbocycles. The average molecular weight is 346 g/mol. The predicted molar refractivity (Wildman–Crippen MR) is 79.9 cm³/mol. The topological polar surface area (TPSA) is 52.0 Å². The molecule has 2 nitrogen and oxygen atoms in total. The van der Waals surface area contributed by atoms with Crippen molar-refractivity contribution >= 4 is 34.0 Å². The van der Waals surface area contributed by atoms with Gasteiger partial charge in [0.15, 0.2) is 0 Å². The van der Waals surface area contributed by atoms with Gasteiger partial charge in [-0.1, -0.05) is 37.8 Å². The van der Waals surface area contributed by atoms with Crippen molar-refractivity contribution in [3.05, 3.63) is 11.6 Å². The predicted octanol–water partition coefficient (Wildman–Crippen LogP) is 3.69. The maximum absolute atomic E-state index is 5.94. The van der Waals surface area contributed by atoms with E-state index >= 15 is 0 Å². The summed E-state index contributed by atoms with van der Waals surface area (Å²) in [5.41, 5.74) is 12.7. The van der Waals surface area contributed by atoms with Crippen molar-refractivity contribution < 1.29 is 0 Å². The normalized spacial score (nSPS) is 9.93. The van der Waals surface area contributed by atoms with E-state index in [4.69, 9.17) is 11.5 Å². The monoisotopic (exact) mass is 344 g/mol. The van der Waals surface area contributed by atoms with Gasteiger partial charge < -0.3 is 11.5 Å². The van der Waals surface area contributed by atoms with Gasteiger partial charge in [0.25, 0.3) is 0 Å². The molecule has 0 radical (unpaired) electrons. The first-order valence-corrected chi connectivity index (χ1v) is 5.19. The van der Waals surface area contributed by atoms with E-state index in [0.29, 0.717) is 0 Å². The highest BCUT2D eigenvalue weighted by molar-refractivity contribution is 8.93. The third kappa shape index (κ3) is 14.6. The van der Waals surface area contributed by atoms with E-state index in [0.717, 1.165) is 19.3 Å². The molecule has 0 aliphatic carbocycles. The van der Waals surface area contributed by atoms with Crippen LogP contribution in [0.1, 0.15) is 52.9 Å². The van der Waals surface area contributed by atoms with E-state index in [1.54, 1.807) is 0 Å². The molecular formula is C11H26Br2N2. The van der Waals surface area contributed by atoms with Crippen molar-refractivity contribution in [2.45, 2.75) is 58.5 Å². The van der Waals surface area contributed by atoms with Gasteiger partial charge in [0.2, 0.25) is 0 Å². The molecule has 4 N–H and O–H groups in total. The van der Waals surface area contributed by atoms with Gasteiger partial charge in [0.05, 0.1) is 5.66 Å². The van der Waals surface area contributed by atoms with Crippen LogP contribution in [-0.4, -0.2) is 5.66 Å². The lowest BCUT2D eigenvalue weighted by Crippen LogP contribution is -2.48. The van der Waals surface area contributed by atoms with E-state index in [2.05, 4.69) is 26.8 Å². The second-order valence-electron chi connectivity index (χ2n) is 4.18. The first-order chi connectivity index (χ1) is 5.98.